The fourth-order valence-corrected chi connectivity index (χ4v) is 1.76. The zero-order valence-electron chi connectivity index (χ0n) is 8.33. The van der Waals surface area contributed by atoms with Gasteiger partial charge in [0.15, 0.2) is 5.69 Å². The van der Waals surface area contributed by atoms with E-state index in [4.69, 9.17) is 0 Å². The van der Waals surface area contributed by atoms with Crippen LogP contribution < -0.4 is 5.32 Å². The summed E-state index contributed by atoms with van der Waals surface area (Å²) in [6.45, 7) is 0.938. The SMILES string of the molecule is COC(=O)c1nn(C)c2c1CCCN2. The molecule has 0 radical (unpaired) electrons. The van der Waals surface area contributed by atoms with Crippen molar-refractivity contribution in [2.45, 2.75) is 12.8 Å². The number of hydrogen-bond donors (Lipinski definition) is 1. The number of nitrogens with zero attached hydrogens (tertiary/aromatic N) is 2. The number of hydrogen-bond acceptors (Lipinski definition) is 4. The summed E-state index contributed by atoms with van der Waals surface area (Å²) in [5, 5.41) is 7.37. The summed E-state index contributed by atoms with van der Waals surface area (Å²) in [6, 6.07) is 0. The summed E-state index contributed by atoms with van der Waals surface area (Å²) in [7, 11) is 3.20. The number of ether oxygens (including phenoxy) is 1. The van der Waals surface area contributed by atoms with Crippen molar-refractivity contribution >= 4 is 11.8 Å². The molecular formula is C9H13N3O2. The summed E-state index contributed by atoms with van der Waals surface area (Å²) in [5.41, 5.74) is 1.42. The van der Waals surface area contributed by atoms with Crippen LogP contribution in [0.5, 0.6) is 0 Å². The molecule has 1 aromatic heterocycles. The number of methoxy groups -OCH3 is 1. The van der Waals surface area contributed by atoms with Gasteiger partial charge in [-0.3, -0.25) is 4.68 Å². The molecule has 5 heteroatoms. The molecule has 0 aromatic carbocycles. The number of aromatic nitrogens is 2. The number of nitrogens with one attached hydrogen (secondary N) is 1. The molecule has 0 atom stereocenters. The highest BCUT2D eigenvalue weighted by Crippen LogP contribution is 2.24. The van der Waals surface area contributed by atoms with Gasteiger partial charge in [-0.05, 0) is 12.8 Å². The molecule has 0 unspecified atom stereocenters. The van der Waals surface area contributed by atoms with Gasteiger partial charge in [0, 0.05) is 19.2 Å². The molecule has 76 valence electrons. The van der Waals surface area contributed by atoms with Gasteiger partial charge in [0.05, 0.1) is 7.11 Å². The largest absolute Gasteiger partial charge is 0.464 e. The molecule has 0 spiro atoms. The lowest BCUT2D eigenvalue weighted by atomic mass is 10.1. The molecule has 0 saturated carbocycles. The molecule has 1 aromatic rings. The third-order valence-corrected chi connectivity index (χ3v) is 2.42. The minimum absolute atomic E-state index is 0.356. The van der Waals surface area contributed by atoms with Crippen LogP contribution in [0.1, 0.15) is 22.5 Å². The summed E-state index contributed by atoms with van der Waals surface area (Å²) in [4.78, 5) is 11.4. The van der Waals surface area contributed by atoms with E-state index in [1.54, 1.807) is 4.68 Å². The second-order valence-corrected chi connectivity index (χ2v) is 3.32. The van der Waals surface area contributed by atoms with Crippen LogP contribution in [0.3, 0.4) is 0 Å². The first-order valence-electron chi connectivity index (χ1n) is 4.62. The lowest BCUT2D eigenvalue weighted by Crippen LogP contribution is -2.14. The topological polar surface area (TPSA) is 56.1 Å². The predicted molar refractivity (Wildman–Crippen MR) is 51.4 cm³/mol. The van der Waals surface area contributed by atoms with E-state index in [2.05, 4.69) is 15.2 Å². The van der Waals surface area contributed by atoms with Crippen molar-refractivity contribution in [1.29, 1.82) is 0 Å². The van der Waals surface area contributed by atoms with Gasteiger partial charge in [-0.25, -0.2) is 4.79 Å². The molecule has 1 N–H and O–H groups in total. The third kappa shape index (κ3) is 1.25. The number of fused-ring (bicyclic) bond motifs is 1. The molecule has 0 fully saturated rings. The molecule has 0 saturated heterocycles. The molecule has 0 amide bonds. The van der Waals surface area contributed by atoms with Crippen molar-refractivity contribution in [3.63, 3.8) is 0 Å². The fraction of sp³-hybridized carbons (Fsp3) is 0.556. The van der Waals surface area contributed by atoms with E-state index in [1.807, 2.05) is 7.05 Å². The van der Waals surface area contributed by atoms with Crippen LogP contribution in [0.25, 0.3) is 0 Å². The second-order valence-electron chi connectivity index (χ2n) is 3.32. The molecule has 0 aliphatic carbocycles. The van der Waals surface area contributed by atoms with Crippen molar-refractivity contribution in [2.75, 3.05) is 19.0 Å². The Labute approximate surface area is 82.0 Å². The predicted octanol–water partition coefficient (Wildman–Crippen LogP) is 0.565. The lowest BCUT2D eigenvalue weighted by molar-refractivity contribution is 0.0592. The van der Waals surface area contributed by atoms with E-state index < -0.39 is 0 Å². The van der Waals surface area contributed by atoms with Gasteiger partial charge in [-0.1, -0.05) is 0 Å². The van der Waals surface area contributed by atoms with Crippen molar-refractivity contribution in [3.05, 3.63) is 11.3 Å². The smallest absolute Gasteiger partial charge is 0.358 e. The highest BCUT2D eigenvalue weighted by molar-refractivity contribution is 5.90. The number of rotatable bonds is 1. The van der Waals surface area contributed by atoms with Gasteiger partial charge in [0.1, 0.15) is 5.82 Å². The standard InChI is InChI=1S/C9H13N3O2/c1-12-8-6(4-3-5-10-8)7(11-12)9(13)14-2/h10H,3-5H2,1-2H3. The van der Waals surface area contributed by atoms with Crippen molar-refractivity contribution in [1.82, 2.24) is 9.78 Å². The number of carbonyl (C=O) groups excluding carboxylic acids is 1. The van der Waals surface area contributed by atoms with E-state index in [0.29, 0.717) is 5.69 Å². The maximum Gasteiger partial charge on any atom is 0.358 e. The Bertz CT molecular complexity index is 370. The minimum Gasteiger partial charge on any atom is -0.464 e. The summed E-state index contributed by atoms with van der Waals surface area (Å²) in [5.74, 6) is 0.585. The molecule has 1 aliphatic rings. The Balaban J connectivity index is 2.46. The molecule has 2 rings (SSSR count). The van der Waals surface area contributed by atoms with Gasteiger partial charge in [-0.2, -0.15) is 5.10 Å². The number of esters is 1. The van der Waals surface area contributed by atoms with Crippen molar-refractivity contribution in [3.8, 4) is 0 Å². The third-order valence-electron chi connectivity index (χ3n) is 2.42. The van der Waals surface area contributed by atoms with Gasteiger partial charge in [0.25, 0.3) is 0 Å². The zero-order chi connectivity index (χ0) is 10.1. The van der Waals surface area contributed by atoms with E-state index in [-0.39, 0.29) is 5.97 Å². The van der Waals surface area contributed by atoms with Gasteiger partial charge in [0.2, 0.25) is 0 Å². The highest BCUT2D eigenvalue weighted by atomic mass is 16.5. The average Bonchev–Trinajstić information content (AvgIpc) is 2.56. The average molecular weight is 195 g/mol. The van der Waals surface area contributed by atoms with Crippen LogP contribution in [0.2, 0.25) is 0 Å². The minimum atomic E-state index is -0.356. The quantitative estimate of drug-likeness (QED) is 0.665. The number of carbonyl (C=O) groups is 1. The highest BCUT2D eigenvalue weighted by Gasteiger charge is 2.23. The Morgan fingerprint density at radius 3 is 3.14 bits per heavy atom. The van der Waals surface area contributed by atoms with Gasteiger partial charge >= 0.3 is 5.97 Å². The van der Waals surface area contributed by atoms with Crippen LogP contribution >= 0.6 is 0 Å². The van der Waals surface area contributed by atoms with Crippen LogP contribution in [0.15, 0.2) is 0 Å². The first kappa shape index (κ1) is 9.05. The Morgan fingerprint density at radius 2 is 2.43 bits per heavy atom. The van der Waals surface area contributed by atoms with Gasteiger partial charge < -0.3 is 10.1 Å². The maximum atomic E-state index is 11.4. The molecule has 5 nitrogen and oxygen atoms in total. The van der Waals surface area contributed by atoms with Crippen LogP contribution in [-0.4, -0.2) is 29.4 Å². The molecular weight excluding hydrogens is 182 g/mol. The zero-order valence-corrected chi connectivity index (χ0v) is 8.33. The molecule has 2 heterocycles. The molecule has 0 bridgehead atoms. The fourth-order valence-electron chi connectivity index (χ4n) is 1.76. The monoisotopic (exact) mass is 195 g/mol. The first-order valence-corrected chi connectivity index (χ1v) is 4.62. The van der Waals surface area contributed by atoms with E-state index in [9.17, 15) is 4.79 Å². The second kappa shape index (κ2) is 3.32. The lowest BCUT2D eigenvalue weighted by Gasteiger charge is -2.14. The summed E-state index contributed by atoms with van der Waals surface area (Å²) >= 11 is 0. The maximum absolute atomic E-state index is 11.4. The Hall–Kier alpha value is -1.52. The molecule has 1 aliphatic heterocycles. The number of aryl methyl sites for hydroxylation is 1. The van der Waals surface area contributed by atoms with Crippen molar-refractivity contribution in [2.24, 2.45) is 7.05 Å². The van der Waals surface area contributed by atoms with Crippen LogP contribution in [0.4, 0.5) is 5.82 Å². The Morgan fingerprint density at radius 1 is 1.64 bits per heavy atom. The normalized spacial score (nSPS) is 14.4. The van der Waals surface area contributed by atoms with Crippen LogP contribution in [0, 0.1) is 0 Å². The Kier molecular flexibility index (Phi) is 2.15. The van der Waals surface area contributed by atoms with Crippen molar-refractivity contribution < 1.29 is 9.53 Å². The number of anilines is 1. The first-order chi connectivity index (χ1) is 6.74. The molecule has 14 heavy (non-hydrogen) atoms. The van der Waals surface area contributed by atoms with E-state index in [1.165, 1.54) is 7.11 Å². The van der Waals surface area contributed by atoms with Crippen LogP contribution in [-0.2, 0) is 18.2 Å². The van der Waals surface area contributed by atoms with E-state index >= 15 is 0 Å². The van der Waals surface area contributed by atoms with Gasteiger partial charge in [-0.15, -0.1) is 0 Å². The van der Waals surface area contributed by atoms with E-state index in [0.717, 1.165) is 30.8 Å². The summed E-state index contributed by atoms with van der Waals surface area (Å²) in [6.07, 6.45) is 1.92. The summed E-state index contributed by atoms with van der Waals surface area (Å²) < 4.78 is 6.37.